The highest BCUT2D eigenvalue weighted by molar-refractivity contribution is 5.82. The molecule has 3 heterocycles. The Morgan fingerprint density at radius 2 is 2.29 bits per heavy atom. The van der Waals surface area contributed by atoms with E-state index in [-0.39, 0.29) is 18.2 Å². The average molecular weight is 291 g/mol. The number of hydrogen-bond acceptors (Lipinski definition) is 8. The fourth-order valence-electron chi connectivity index (χ4n) is 2.35. The summed E-state index contributed by atoms with van der Waals surface area (Å²) in [6.07, 6.45) is -0.304. The van der Waals surface area contributed by atoms with Crippen molar-refractivity contribution in [2.24, 2.45) is 0 Å². The Kier molecular flexibility index (Phi) is 2.91. The van der Waals surface area contributed by atoms with E-state index in [0.717, 1.165) is 0 Å². The molecular formula is C11H13N7O3. The zero-order chi connectivity index (χ0) is 15.2. The first-order valence-electron chi connectivity index (χ1n) is 6.11. The van der Waals surface area contributed by atoms with E-state index in [0.29, 0.717) is 11.2 Å². The van der Waals surface area contributed by atoms with Crippen molar-refractivity contribution in [1.29, 1.82) is 0 Å². The van der Waals surface area contributed by atoms with Crippen LogP contribution in [0.2, 0.25) is 0 Å². The number of nitrogen functional groups attached to an aromatic ring is 2. The van der Waals surface area contributed by atoms with Gasteiger partial charge in [-0.3, -0.25) is 14.1 Å². The molecule has 0 amide bonds. The Morgan fingerprint density at radius 1 is 1.52 bits per heavy atom. The molecule has 3 atom stereocenters. The number of ether oxygens (including phenoxy) is 1. The average Bonchev–Trinajstić information content (AvgIpc) is 3.00. The van der Waals surface area contributed by atoms with Gasteiger partial charge in [-0.25, -0.2) is 11.6 Å². The Labute approximate surface area is 118 Å². The SMILES string of the molecule is [C-]#[N+][C@]1(CO)O[C@@H](n2cnc3c(N)nc(N)nc32)C[C@H]1O. The van der Waals surface area contributed by atoms with Crippen molar-refractivity contribution in [3.8, 4) is 0 Å². The van der Waals surface area contributed by atoms with Crippen LogP contribution in [0.15, 0.2) is 6.33 Å². The lowest BCUT2D eigenvalue weighted by Gasteiger charge is -2.17. The lowest BCUT2D eigenvalue weighted by Crippen LogP contribution is -2.39. The van der Waals surface area contributed by atoms with Crippen molar-refractivity contribution in [2.45, 2.75) is 24.5 Å². The van der Waals surface area contributed by atoms with Crippen LogP contribution in [-0.4, -0.2) is 48.2 Å². The normalized spacial score (nSPS) is 28.8. The Balaban J connectivity index is 2.05. The Bertz CT molecular complexity index is 739. The Morgan fingerprint density at radius 3 is 2.90 bits per heavy atom. The predicted octanol–water partition coefficient (Wildman–Crippen LogP) is -1.12. The lowest BCUT2D eigenvalue weighted by atomic mass is 10.1. The molecule has 10 heteroatoms. The molecule has 0 unspecified atom stereocenters. The number of nitrogens with two attached hydrogens (primary N) is 2. The molecule has 1 aliphatic heterocycles. The van der Waals surface area contributed by atoms with Crippen LogP contribution in [0.3, 0.4) is 0 Å². The molecule has 2 aromatic rings. The minimum atomic E-state index is -1.68. The van der Waals surface area contributed by atoms with E-state index in [4.69, 9.17) is 22.8 Å². The molecule has 0 radical (unpaired) electrons. The van der Waals surface area contributed by atoms with E-state index >= 15 is 0 Å². The van der Waals surface area contributed by atoms with Gasteiger partial charge in [0.15, 0.2) is 24.2 Å². The number of nitrogens with zero attached hydrogens (tertiary/aromatic N) is 5. The molecule has 3 rings (SSSR count). The summed E-state index contributed by atoms with van der Waals surface area (Å²) < 4.78 is 7.03. The van der Waals surface area contributed by atoms with Gasteiger partial charge < -0.3 is 21.7 Å². The highest BCUT2D eigenvalue weighted by Gasteiger charge is 2.55. The van der Waals surface area contributed by atoms with Gasteiger partial charge in [0.2, 0.25) is 5.95 Å². The van der Waals surface area contributed by atoms with Crippen molar-refractivity contribution >= 4 is 22.9 Å². The molecule has 1 saturated heterocycles. The maximum Gasteiger partial charge on any atom is 0.387 e. The van der Waals surface area contributed by atoms with E-state index in [1.54, 1.807) is 0 Å². The first-order valence-corrected chi connectivity index (χ1v) is 6.11. The third-order valence-electron chi connectivity index (χ3n) is 3.48. The van der Waals surface area contributed by atoms with E-state index in [9.17, 15) is 10.2 Å². The van der Waals surface area contributed by atoms with Crippen LogP contribution >= 0.6 is 0 Å². The maximum atomic E-state index is 9.98. The first kappa shape index (κ1) is 13.5. The van der Waals surface area contributed by atoms with Gasteiger partial charge in [-0.2, -0.15) is 9.97 Å². The van der Waals surface area contributed by atoms with Gasteiger partial charge in [0.05, 0.1) is 6.33 Å². The second-order valence-corrected chi connectivity index (χ2v) is 4.73. The summed E-state index contributed by atoms with van der Waals surface area (Å²) in [6.45, 7) is 6.50. The van der Waals surface area contributed by atoms with Crippen LogP contribution in [0, 0.1) is 6.57 Å². The molecule has 10 nitrogen and oxygen atoms in total. The number of imidazole rings is 1. The fourth-order valence-corrected chi connectivity index (χ4v) is 2.35. The van der Waals surface area contributed by atoms with Crippen LogP contribution in [0.25, 0.3) is 16.0 Å². The monoisotopic (exact) mass is 291 g/mol. The fraction of sp³-hybridized carbons (Fsp3) is 0.455. The summed E-state index contributed by atoms with van der Waals surface area (Å²) in [6, 6.07) is 0. The van der Waals surface area contributed by atoms with Crippen molar-refractivity contribution < 1.29 is 14.9 Å². The smallest absolute Gasteiger partial charge is 0.385 e. The van der Waals surface area contributed by atoms with E-state index < -0.39 is 24.7 Å². The summed E-state index contributed by atoms with van der Waals surface area (Å²) >= 11 is 0. The van der Waals surface area contributed by atoms with Crippen molar-refractivity contribution in [2.75, 3.05) is 18.1 Å². The zero-order valence-electron chi connectivity index (χ0n) is 10.8. The summed E-state index contributed by atoms with van der Waals surface area (Å²) in [5.41, 5.74) is 10.3. The molecule has 110 valence electrons. The van der Waals surface area contributed by atoms with Crippen molar-refractivity contribution in [3.05, 3.63) is 17.7 Å². The summed E-state index contributed by atoms with van der Waals surface area (Å²) in [4.78, 5) is 15.1. The van der Waals surface area contributed by atoms with Gasteiger partial charge in [-0.1, -0.05) is 0 Å². The van der Waals surface area contributed by atoms with Crippen molar-refractivity contribution in [1.82, 2.24) is 19.5 Å². The molecular weight excluding hydrogens is 278 g/mol. The number of rotatable bonds is 2. The molecule has 0 spiro atoms. The number of anilines is 2. The van der Waals surface area contributed by atoms with Gasteiger partial charge in [0.25, 0.3) is 0 Å². The van der Waals surface area contributed by atoms with Crippen LogP contribution < -0.4 is 11.5 Å². The van der Waals surface area contributed by atoms with Crippen LogP contribution in [-0.2, 0) is 4.74 Å². The third-order valence-corrected chi connectivity index (χ3v) is 3.48. The molecule has 0 aromatic carbocycles. The molecule has 2 aromatic heterocycles. The number of aromatic nitrogens is 4. The van der Waals surface area contributed by atoms with E-state index in [1.807, 2.05) is 0 Å². The predicted molar refractivity (Wildman–Crippen MR) is 71.3 cm³/mol. The van der Waals surface area contributed by atoms with Gasteiger partial charge in [-0.05, 0) is 0 Å². The lowest BCUT2D eigenvalue weighted by molar-refractivity contribution is -0.0972. The minimum Gasteiger partial charge on any atom is -0.385 e. The third kappa shape index (κ3) is 1.87. The quantitative estimate of drug-likeness (QED) is 0.508. The van der Waals surface area contributed by atoms with E-state index in [1.165, 1.54) is 10.9 Å². The first-order chi connectivity index (χ1) is 10.0. The molecule has 0 saturated carbocycles. The minimum absolute atomic E-state index is 0.0149. The van der Waals surface area contributed by atoms with Crippen LogP contribution in [0.4, 0.5) is 11.8 Å². The standard InChI is InChI=1S/C11H13N7O3/c1-14-11(3-19)5(20)2-6(21-11)18-4-15-7-8(12)16-10(13)17-9(7)18/h4-6,19-20H,2-3H2,(H4,12,13,16,17)/t5-,6-,11-/m1/s1. The highest BCUT2D eigenvalue weighted by Crippen LogP contribution is 2.38. The maximum absolute atomic E-state index is 9.98. The van der Waals surface area contributed by atoms with Crippen LogP contribution in [0.5, 0.6) is 0 Å². The van der Waals surface area contributed by atoms with Gasteiger partial charge in [0, 0.05) is 6.42 Å². The highest BCUT2D eigenvalue weighted by atomic mass is 16.6. The molecule has 1 aliphatic rings. The summed E-state index contributed by atoms with van der Waals surface area (Å²) in [5.74, 6) is 0.118. The van der Waals surface area contributed by atoms with Crippen molar-refractivity contribution in [3.63, 3.8) is 0 Å². The van der Waals surface area contributed by atoms with Gasteiger partial charge in [0.1, 0.15) is 11.7 Å². The number of aliphatic hydroxyl groups is 2. The number of hydrogen-bond donors (Lipinski definition) is 4. The second kappa shape index (κ2) is 4.52. The molecule has 0 aliphatic carbocycles. The van der Waals surface area contributed by atoms with E-state index in [2.05, 4.69) is 19.8 Å². The molecule has 6 N–H and O–H groups in total. The number of fused-ring (bicyclic) bond motifs is 1. The molecule has 1 fully saturated rings. The van der Waals surface area contributed by atoms with Gasteiger partial charge in [-0.15, -0.1) is 0 Å². The largest absolute Gasteiger partial charge is 0.387 e. The van der Waals surface area contributed by atoms with Gasteiger partial charge >= 0.3 is 5.72 Å². The summed E-state index contributed by atoms with van der Waals surface area (Å²) in [7, 11) is 0. The second-order valence-electron chi connectivity index (χ2n) is 4.73. The molecule has 21 heavy (non-hydrogen) atoms. The zero-order valence-corrected chi connectivity index (χ0v) is 10.8. The molecule has 0 bridgehead atoms. The Hall–Kier alpha value is -2.48. The number of aliphatic hydroxyl groups excluding tert-OH is 2. The topological polar surface area (TPSA) is 150 Å². The summed E-state index contributed by atoms with van der Waals surface area (Å²) in [5, 5.41) is 19.3. The van der Waals surface area contributed by atoms with Crippen LogP contribution in [0.1, 0.15) is 12.6 Å².